The van der Waals surface area contributed by atoms with Crippen LogP contribution in [0.15, 0.2) is 39.5 Å². The zero-order valence-electron chi connectivity index (χ0n) is 18.6. The normalized spacial score (nSPS) is 13.8. The first-order valence-electron chi connectivity index (χ1n) is 9.51. The van der Waals surface area contributed by atoms with Gasteiger partial charge < -0.3 is 4.84 Å². The molecule has 0 aliphatic heterocycles. The lowest BCUT2D eigenvalue weighted by Gasteiger charge is -2.35. The molecule has 1 aromatic rings. The molecular weight excluding hydrogens is 392 g/mol. The second kappa shape index (κ2) is 9.52. The molecule has 0 saturated carbocycles. The molecule has 0 saturated heterocycles. The topological polar surface area (TPSA) is 94.4 Å². The number of oxime groups is 2. The van der Waals surface area contributed by atoms with Gasteiger partial charge in [-0.1, -0.05) is 36.3 Å². The van der Waals surface area contributed by atoms with Crippen molar-refractivity contribution in [3.05, 3.63) is 29.8 Å². The minimum Gasteiger partial charge on any atom is -0.318 e. The minimum atomic E-state index is -3.96. The van der Waals surface area contributed by atoms with Gasteiger partial charge in [0, 0.05) is 0 Å². The van der Waals surface area contributed by atoms with Crippen LogP contribution in [0.25, 0.3) is 0 Å². The van der Waals surface area contributed by atoms with Gasteiger partial charge in [-0.15, -0.1) is 0 Å². The van der Waals surface area contributed by atoms with Crippen molar-refractivity contribution in [3.8, 4) is 0 Å². The maximum atomic E-state index is 12.5. The fraction of sp³-hybridized carbons (Fsp3) is 0.571. The summed E-state index contributed by atoms with van der Waals surface area (Å²) in [5, 5.41) is 7.29. The molecule has 0 heterocycles. The van der Waals surface area contributed by atoms with E-state index in [-0.39, 0.29) is 10.3 Å². The van der Waals surface area contributed by atoms with Gasteiger partial charge in [-0.05, 0) is 77.5 Å². The van der Waals surface area contributed by atoms with E-state index in [9.17, 15) is 13.2 Å². The van der Waals surface area contributed by atoms with E-state index < -0.39 is 21.5 Å². The number of hydrogen-bond donors (Lipinski definition) is 0. The molecule has 0 fully saturated rings. The lowest BCUT2D eigenvalue weighted by atomic mass is 9.69. The van der Waals surface area contributed by atoms with Crippen LogP contribution in [0, 0.1) is 5.41 Å². The molecule has 0 N–H and O–H groups in total. The predicted molar refractivity (Wildman–Crippen MR) is 114 cm³/mol. The van der Waals surface area contributed by atoms with Crippen LogP contribution in [0.4, 0.5) is 0 Å². The van der Waals surface area contributed by atoms with Gasteiger partial charge in [0.2, 0.25) is 0 Å². The van der Waals surface area contributed by atoms with E-state index in [1.54, 1.807) is 39.8 Å². The van der Waals surface area contributed by atoms with Gasteiger partial charge in [0.15, 0.2) is 0 Å². The standard InChI is InChI=1S/C21H32N2O5S/c1-9-21(8,14-20(6,7)19(24)27-22-15(2)3)17-10-12-18(13-11-17)29(25,26)28-23-16(4)5/h10-13H,9,14H2,1-8H3. The summed E-state index contributed by atoms with van der Waals surface area (Å²) in [6.07, 6.45) is 1.26. The van der Waals surface area contributed by atoms with Gasteiger partial charge in [-0.3, -0.25) is 4.28 Å². The smallest absolute Gasteiger partial charge is 0.318 e. The highest BCUT2D eigenvalue weighted by Crippen LogP contribution is 2.40. The number of hydrogen-bond acceptors (Lipinski definition) is 7. The molecule has 0 aliphatic rings. The van der Waals surface area contributed by atoms with Crippen LogP contribution in [0.5, 0.6) is 0 Å². The number of nitrogens with zero attached hydrogens (tertiary/aromatic N) is 2. The van der Waals surface area contributed by atoms with Gasteiger partial charge in [-0.25, -0.2) is 4.79 Å². The molecule has 0 amide bonds. The molecule has 1 unspecified atom stereocenters. The number of carbonyl (C=O) groups is 1. The van der Waals surface area contributed by atoms with E-state index >= 15 is 0 Å². The second-order valence-electron chi connectivity index (χ2n) is 8.48. The van der Waals surface area contributed by atoms with Crippen molar-refractivity contribution in [1.82, 2.24) is 0 Å². The van der Waals surface area contributed by atoms with E-state index in [4.69, 9.17) is 4.84 Å². The minimum absolute atomic E-state index is 0.0242. The fourth-order valence-corrected chi connectivity index (χ4v) is 3.73. The summed E-state index contributed by atoms with van der Waals surface area (Å²) in [5.41, 5.74) is 0.944. The van der Waals surface area contributed by atoms with Crippen molar-refractivity contribution in [3.63, 3.8) is 0 Å². The second-order valence-corrected chi connectivity index (χ2v) is 10.0. The van der Waals surface area contributed by atoms with E-state index in [2.05, 4.69) is 14.6 Å². The molecule has 1 rings (SSSR count). The quantitative estimate of drug-likeness (QED) is 0.322. The Balaban J connectivity index is 3.11. The van der Waals surface area contributed by atoms with E-state index in [1.807, 2.05) is 27.7 Å². The summed E-state index contributed by atoms with van der Waals surface area (Å²) in [5.74, 6) is -0.404. The average Bonchev–Trinajstić information content (AvgIpc) is 2.64. The van der Waals surface area contributed by atoms with Crippen molar-refractivity contribution < 1.29 is 22.3 Å². The highest BCUT2D eigenvalue weighted by atomic mass is 32.2. The third-order valence-electron chi connectivity index (χ3n) is 4.63. The van der Waals surface area contributed by atoms with Gasteiger partial charge in [0.25, 0.3) is 0 Å². The third-order valence-corrected chi connectivity index (χ3v) is 5.75. The molecule has 0 aliphatic carbocycles. The first kappa shape index (κ1) is 24.8. The molecule has 0 radical (unpaired) electrons. The first-order valence-corrected chi connectivity index (χ1v) is 10.9. The average molecular weight is 425 g/mol. The molecule has 7 nitrogen and oxygen atoms in total. The summed E-state index contributed by atoms with van der Waals surface area (Å²) in [7, 11) is -3.96. The van der Waals surface area contributed by atoms with Crippen LogP contribution in [-0.4, -0.2) is 25.8 Å². The Hall–Kier alpha value is -2.22. The number of benzene rings is 1. The summed E-state index contributed by atoms with van der Waals surface area (Å²) >= 11 is 0. The summed E-state index contributed by atoms with van der Waals surface area (Å²) < 4.78 is 29.1. The van der Waals surface area contributed by atoms with E-state index in [0.717, 1.165) is 12.0 Å². The molecule has 8 heteroatoms. The van der Waals surface area contributed by atoms with Crippen molar-refractivity contribution in [2.75, 3.05) is 0 Å². The maximum absolute atomic E-state index is 12.5. The van der Waals surface area contributed by atoms with E-state index in [0.29, 0.717) is 17.8 Å². The molecule has 0 aromatic heterocycles. The fourth-order valence-electron chi connectivity index (χ4n) is 2.93. The van der Waals surface area contributed by atoms with Crippen molar-refractivity contribution in [2.45, 2.75) is 78.5 Å². The zero-order valence-corrected chi connectivity index (χ0v) is 19.4. The SMILES string of the molecule is CCC(C)(CC(C)(C)C(=O)ON=C(C)C)c1ccc(S(=O)(=O)ON=C(C)C)cc1. The number of carbonyl (C=O) groups excluding carboxylic acids is 1. The Bertz CT molecular complexity index is 878. The molecular formula is C21H32N2O5S. The van der Waals surface area contributed by atoms with Gasteiger partial charge in [0.1, 0.15) is 4.90 Å². The highest BCUT2D eigenvalue weighted by molar-refractivity contribution is 7.86. The monoisotopic (exact) mass is 424 g/mol. The lowest BCUT2D eigenvalue weighted by Crippen LogP contribution is -2.35. The Kier molecular flexibility index (Phi) is 8.15. The maximum Gasteiger partial charge on any atom is 0.358 e. The van der Waals surface area contributed by atoms with E-state index in [1.165, 1.54) is 12.1 Å². The van der Waals surface area contributed by atoms with Gasteiger partial charge >= 0.3 is 16.1 Å². The van der Waals surface area contributed by atoms with Crippen molar-refractivity contribution >= 4 is 27.5 Å². The van der Waals surface area contributed by atoms with Crippen LogP contribution in [0.3, 0.4) is 0 Å². The number of rotatable bonds is 9. The van der Waals surface area contributed by atoms with Crippen LogP contribution < -0.4 is 0 Å². The summed E-state index contributed by atoms with van der Waals surface area (Å²) in [6, 6.07) is 6.49. The summed E-state index contributed by atoms with van der Waals surface area (Å²) in [4.78, 5) is 17.5. The Morgan fingerprint density at radius 3 is 1.93 bits per heavy atom. The summed E-state index contributed by atoms with van der Waals surface area (Å²) in [6.45, 7) is 14.5. The first-order chi connectivity index (χ1) is 13.2. The largest absolute Gasteiger partial charge is 0.358 e. The van der Waals surface area contributed by atoms with Gasteiger partial charge in [-0.2, -0.15) is 8.42 Å². The zero-order chi connectivity index (χ0) is 22.5. The Labute approximate surface area is 174 Å². The lowest BCUT2D eigenvalue weighted by molar-refractivity contribution is -0.155. The van der Waals surface area contributed by atoms with Gasteiger partial charge in [0.05, 0.1) is 16.8 Å². The van der Waals surface area contributed by atoms with Crippen LogP contribution in [0.1, 0.15) is 73.8 Å². The van der Waals surface area contributed by atoms with Crippen molar-refractivity contribution in [2.24, 2.45) is 15.7 Å². The molecule has 0 bridgehead atoms. The van der Waals surface area contributed by atoms with Crippen LogP contribution in [-0.2, 0) is 29.4 Å². The highest BCUT2D eigenvalue weighted by Gasteiger charge is 2.39. The molecule has 1 atom stereocenters. The van der Waals surface area contributed by atoms with Crippen LogP contribution in [0.2, 0.25) is 0 Å². The molecule has 29 heavy (non-hydrogen) atoms. The Morgan fingerprint density at radius 2 is 1.48 bits per heavy atom. The molecule has 162 valence electrons. The molecule has 0 spiro atoms. The molecule has 1 aromatic carbocycles. The predicted octanol–water partition coefficient (Wildman–Crippen LogP) is 4.81. The Morgan fingerprint density at radius 1 is 0.966 bits per heavy atom. The van der Waals surface area contributed by atoms with Crippen molar-refractivity contribution in [1.29, 1.82) is 0 Å². The van der Waals surface area contributed by atoms with Crippen LogP contribution >= 0.6 is 0 Å². The third kappa shape index (κ3) is 6.96.